The van der Waals surface area contributed by atoms with Crippen LogP contribution in [0, 0.1) is 0 Å². The van der Waals surface area contributed by atoms with Gasteiger partial charge in [0.1, 0.15) is 0 Å². The minimum atomic E-state index is -1.22. The van der Waals surface area contributed by atoms with Gasteiger partial charge in [-0.15, -0.1) is 9.13 Å². The Morgan fingerprint density at radius 1 is 0.789 bits per heavy atom. The summed E-state index contributed by atoms with van der Waals surface area (Å²) >= 11 is 0. The molecule has 6 nitrogen and oxygen atoms in total. The predicted octanol–water partition coefficient (Wildman–Crippen LogP) is -2.51. The lowest BCUT2D eigenvalue weighted by atomic mass is 10.3. The fourth-order valence-corrected chi connectivity index (χ4v) is 1.56. The number of nitrogens with zero attached hydrogens (tertiary/aromatic N) is 2. The third-order valence-electron chi connectivity index (χ3n) is 2.58. The lowest BCUT2D eigenvalue weighted by Crippen LogP contribution is -2.51. The van der Waals surface area contributed by atoms with Gasteiger partial charge in [0.25, 0.3) is 0 Å². The molecule has 2 rings (SSSR count). The summed E-state index contributed by atoms with van der Waals surface area (Å²) in [5, 5.41) is 21.2. The van der Waals surface area contributed by atoms with Gasteiger partial charge in [-0.25, -0.2) is 0 Å². The molecule has 19 heavy (non-hydrogen) atoms. The van der Waals surface area contributed by atoms with Gasteiger partial charge in [-0.05, 0) is 0 Å². The van der Waals surface area contributed by atoms with E-state index >= 15 is 0 Å². The van der Waals surface area contributed by atoms with Gasteiger partial charge in [-0.1, -0.05) is 0 Å². The molecule has 0 radical (unpaired) electrons. The number of aromatic carboxylic acids is 2. The van der Waals surface area contributed by atoms with Gasteiger partial charge in [-0.2, -0.15) is 0 Å². The number of carbonyl (C=O) groups is 2. The molecule has 0 unspecified atom stereocenters. The van der Waals surface area contributed by atoms with E-state index in [2.05, 4.69) is 0 Å². The van der Waals surface area contributed by atoms with Crippen molar-refractivity contribution < 1.29 is 28.9 Å². The molecule has 0 aromatic carbocycles. The Balaban J connectivity index is 2.12. The highest BCUT2D eigenvalue weighted by Crippen LogP contribution is 1.93. The largest absolute Gasteiger partial charge is 0.545 e. The van der Waals surface area contributed by atoms with Gasteiger partial charge in [0.2, 0.25) is 0 Å². The van der Waals surface area contributed by atoms with E-state index in [1.54, 1.807) is 33.9 Å². The van der Waals surface area contributed by atoms with Crippen LogP contribution in [0.1, 0.15) is 20.7 Å². The maximum Gasteiger partial charge on any atom is 0.343 e. The zero-order valence-corrected chi connectivity index (χ0v) is 9.85. The number of hydrogen-bond acceptors (Lipinski definition) is 4. The van der Waals surface area contributed by atoms with E-state index in [0.717, 1.165) is 0 Å². The summed E-state index contributed by atoms with van der Waals surface area (Å²) < 4.78 is 3.48. The van der Waals surface area contributed by atoms with Crippen molar-refractivity contribution in [1.29, 1.82) is 0 Å². The second-order valence-corrected chi connectivity index (χ2v) is 3.92. The highest BCUT2D eigenvalue weighted by Gasteiger charge is 2.08. The molecule has 0 bridgehead atoms. The van der Waals surface area contributed by atoms with Gasteiger partial charge in [0.15, 0.2) is 24.8 Å². The second kappa shape index (κ2) is 5.26. The smallest absolute Gasteiger partial charge is 0.343 e. The van der Waals surface area contributed by atoms with Crippen LogP contribution < -0.4 is 19.3 Å². The summed E-state index contributed by atoms with van der Waals surface area (Å²) in [5.41, 5.74) is 0.210. The first-order chi connectivity index (χ1) is 9.06. The van der Waals surface area contributed by atoms with E-state index in [1.165, 1.54) is 24.3 Å². The van der Waals surface area contributed by atoms with Crippen molar-refractivity contribution in [2.75, 3.05) is 0 Å². The van der Waals surface area contributed by atoms with Gasteiger partial charge in [0, 0.05) is 35.4 Å². The molecular formula is C13H10N2O4. The van der Waals surface area contributed by atoms with E-state index in [4.69, 9.17) is 0 Å². The van der Waals surface area contributed by atoms with Crippen molar-refractivity contribution in [2.45, 2.75) is 6.67 Å². The molecule has 2 aromatic heterocycles. The van der Waals surface area contributed by atoms with E-state index in [1.807, 2.05) is 0 Å². The highest BCUT2D eigenvalue weighted by molar-refractivity contribution is 5.85. The molecular weight excluding hydrogens is 248 g/mol. The fraction of sp³-hybridized carbons (Fsp3) is 0.0769. The topological polar surface area (TPSA) is 88.0 Å². The third-order valence-corrected chi connectivity index (χ3v) is 2.58. The summed E-state index contributed by atoms with van der Waals surface area (Å²) in [6.07, 6.45) is 6.41. The Hall–Kier alpha value is -2.76. The van der Waals surface area contributed by atoms with Crippen LogP contribution in [0.2, 0.25) is 0 Å². The quantitative estimate of drug-likeness (QED) is 0.567. The van der Waals surface area contributed by atoms with E-state index in [0.29, 0.717) is 6.67 Å². The van der Waals surface area contributed by atoms with Crippen molar-refractivity contribution in [3.8, 4) is 0 Å². The van der Waals surface area contributed by atoms with Crippen molar-refractivity contribution in [3.63, 3.8) is 0 Å². The number of carboxylic acids is 2. The number of carboxylic acid groups (broad SMARTS) is 2. The zero-order chi connectivity index (χ0) is 13.8. The van der Waals surface area contributed by atoms with E-state index < -0.39 is 11.9 Å². The van der Waals surface area contributed by atoms with E-state index in [9.17, 15) is 19.8 Å². The third kappa shape index (κ3) is 3.12. The molecule has 0 fully saturated rings. The first-order valence-corrected chi connectivity index (χ1v) is 5.47. The normalized spacial score (nSPS) is 10.1. The average Bonchev–Trinajstić information content (AvgIpc) is 2.40. The minimum Gasteiger partial charge on any atom is -0.545 e. The van der Waals surface area contributed by atoms with Gasteiger partial charge >= 0.3 is 6.67 Å². The van der Waals surface area contributed by atoms with Gasteiger partial charge < -0.3 is 19.8 Å². The molecule has 6 heteroatoms. The second-order valence-electron chi connectivity index (χ2n) is 3.92. The molecule has 0 atom stereocenters. The summed E-state index contributed by atoms with van der Waals surface area (Å²) in [4.78, 5) is 21.2. The molecule has 0 saturated carbocycles. The lowest BCUT2D eigenvalue weighted by Gasteiger charge is -2.01. The molecule has 96 valence electrons. The number of pyridine rings is 2. The first kappa shape index (κ1) is 12.7. The Bertz CT molecular complexity index is 550. The van der Waals surface area contributed by atoms with Crippen LogP contribution >= 0.6 is 0 Å². The SMILES string of the molecule is O=C([O-])c1cc[n+](C[n+]2ccc(C(=O)[O-])cc2)cc1. The minimum absolute atomic E-state index is 0.105. The van der Waals surface area contributed by atoms with Gasteiger partial charge in [-0.3, -0.25) is 0 Å². The molecule has 2 heterocycles. The van der Waals surface area contributed by atoms with Crippen LogP contribution in [-0.4, -0.2) is 11.9 Å². The molecule has 0 aliphatic rings. The molecule has 0 N–H and O–H groups in total. The molecule has 0 aliphatic carbocycles. The Morgan fingerprint density at radius 2 is 1.11 bits per heavy atom. The van der Waals surface area contributed by atoms with Crippen molar-refractivity contribution in [2.24, 2.45) is 0 Å². The standard InChI is InChI=1S/C13H10N2O4/c16-12(17)10-1-5-14(6-2-10)9-15-7-3-11(4-8-15)13(18)19/h1-8H,9H2. The van der Waals surface area contributed by atoms with Crippen LogP contribution in [0.25, 0.3) is 0 Å². The van der Waals surface area contributed by atoms with E-state index in [-0.39, 0.29) is 11.1 Å². The van der Waals surface area contributed by atoms with Crippen LogP contribution in [0.4, 0.5) is 0 Å². The number of carbonyl (C=O) groups excluding carboxylic acids is 2. The van der Waals surface area contributed by atoms with Crippen LogP contribution in [0.15, 0.2) is 49.1 Å². The van der Waals surface area contributed by atoms with Crippen molar-refractivity contribution in [1.82, 2.24) is 0 Å². The average molecular weight is 258 g/mol. The Labute approximate surface area is 108 Å². The maximum atomic E-state index is 10.6. The monoisotopic (exact) mass is 258 g/mol. The number of rotatable bonds is 4. The number of aromatic nitrogens is 2. The van der Waals surface area contributed by atoms with Crippen LogP contribution in [-0.2, 0) is 6.67 Å². The number of hydrogen-bond donors (Lipinski definition) is 0. The molecule has 0 aliphatic heterocycles. The highest BCUT2D eigenvalue weighted by atomic mass is 16.4. The summed E-state index contributed by atoms with van der Waals surface area (Å²) in [7, 11) is 0. The first-order valence-electron chi connectivity index (χ1n) is 5.47. The molecule has 0 amide bonds. The van der Waals surface area contributed by atoms with Crippen LogP contribution in [0.3, 0.4) is 0 Å². The lowest BCUT2D eigenvalue weighted by molar-refractivity contribution is -0.913. The van der Waals surface area contributed by atoms with Crippen molar-refractivity contribution >= 4 is 11.9 Å². The fourth-order valence-electron chi connectivity index (χ4n) is 1.56. The molecule has 0 spiro atoms. The Morgan fingerprint density at radius 3 is 1.37 bits per heavy atom. The van der Waals surface area contributed by atoms with Crippen molar-refractivity contribution in [3.05, 3.63) is 60.2 Å². The Kier molecular flexibility index (Phi) is 3.51. The zero-order valence-electron chi connectivity index (χ0n) is 9.85. The molecule has 2 aromatic rings. The summed E-state index contributed by atoms with van der Waals surface area (Å²) in [5.74, 6) is -2.45. The predicted molar refractivity (Wildman–Crippen MR) is 57.3 cm³/mol. The molecule has 0 saturated heterocycles. The maximum absolute atomic E-state index is 10.6. The summed E-state index contributed by atoms with van der Waals surface area (Å²) in [6.45, 7) is 0.431. The van der Waals surface area contributed by atoms with Crippen LogP contribution in [0.5, 0.6) is 0 Å². The summed E-state index contributed by atoms with van der Waals surface area (Å²) in [6, 6.07) is 5.74. The van der Waals surface area contributed by atoms with Gasteiger partial charge in [0.05, 0.1) is 11.9 Å².